The number of nitrogens with two attached hydrogens (primary N) is 1. The summed E-state index contributed by atoms with van der Waals surface area (Å²) < 4.78 is 13.2. The molecule has 0 radical (unpaired) electrons. The second kappa shape index (κ2) is 7.50. The SMILES string of the molecule is CN(CCc1ccncc1)C(CN)c1ccc(F)cc1Cl. The van der Waals surface area contributed by atoms with Crippen LogP contribution in [0.5, 0.6) is 0 Å². The van der Waals surface area contributed by atoms with E-state index in [0.717, 1.165) is 18.5 Å². The lowest BCUT2D eigenvalue weighted by molar-refractivity contribution is 0.253. The Morgan fingerprint density at radius 2 is 2.00 bits per heavy atom. The van der Waals surface area contributed by atoms with Gasteiger partial charge in [-0.3, -0.25) is 9.88 Å². The first-order chi connectivity index (χ1) is 10.1. The quantitative estimate of drug-likeness (QED) is 0.892. The fraction of sp³-hybridized carbons (Fsp3) is 0.312. The Morgan fingerprint density at radius 1 is 1.29 bits per heavy atom. The van der Waals surface area contributed by atoms with Crippen LogP contribution in [0, 0.1) is 5.82 Å². The molecule has 0 saturated heterocycles. The van der Waals surface area contributed by atoms with Crippen LogP contribution in [-0.2, 0) is 6.42 Å². The van der Waals surface area contributed by atoms with E-state index in [4.69, 9.17) is 17.3 Å². The van der Waals surface area contributed by atoms with Crippen molar-refractivity contribution in [3.8, 4) is 0 Å². The Morgan fingerprint density at radius 3 is 2.62 bits per heavy atom. The molecule has 2 rings (SSSR count). The van der Waals surface area contributed by atoms with Gasteiger partial charge in [-0.15, -0.1) is 0 Å². The highest BCUT2D eigenvalue weighted by molar-refractivity contribution is 6.31. The van der Waals surface area contributed by atoms with Gasteiger partial charge < -0.3 is 5.73 Å². The van der Waals surface area contributed by atoms with Crippen molar-refractivity contribution in [2.75, 3.05) is 20.1 Å². The van der Waals surface area contributed by atoms with Crippen LogP contribution in [-0.4, -0.2) is 30.0 Å². The van der Waals surface area contributed by atoms with E-state index in [9.17, 15) is 4.39 Å². The van der Waals surface area contributed by atoms with Crippen LogP contribution in [0.15, 0.2) is 42.7 Å². The summed E-state index contributed by atoms with van der Waals surface area (Å²) in [6, 6.07) is 8.42. The van der Waals surface area contributed by atoms with Crippen molar-refractivity contribution in [3.63, 3.8) is 0 Å². The Labute approximate surface area is 129 Å². The topological polar surface area (TPSA) is 42.2 Å². The fourth-order valence-corrected chi connectivity index (χ4v) is 2.62. The minimum atomic E-state index is -0.334. The smallest absolute Gasteiger partial charge is 0.124 e. The Hall–Kier alpha value is -1.49. The maximum Gasteiger partial charge on any atom is 0.124 e. The lowest BCUT2D eigenvalue weighted by Gasteiger charge is -2.28. The number of nitrogens with zero attached hydrogens (tertiary/aromatic N) is 2. The lowest BCUT2D eigenvalue weighted by atomic mass is 10.0. The van der Waals surface area contributed by atoms with Crippen LogP contribution in [0.1, 0.15) is 17.2 Å². The number of benzene rings is 1. The molecule has 0 aliphatic heterocycles. The summed E-state index contributed by atoms with van der Waals surface area (Å²) in [6.07, 6.45) is 4.47. The van der Waals surface area contributed by atoms with Crippen LogP contribution in [0.25, 0.3) is 0 Å². The molecule has 1 atom stereocenters. The van der Waals surface area contributed by atoms with Gasteiger partial charge in [0.15, 0.2) is 0 Å². The van der Waals surface area contributed by atoms with E-state index in [0.29, 0.717) is 11.6 Å². The molecule has 0 aliphatic carbocycles. The van der Waals surface area contributed by atoms with Crippen molar-refractivity contribution in [2.45, 2.75) is 12.5 Å². The number of pyridine rings is 1. The molecule has 5 heteroatoms. The summed E-state index contributed by atoms with van der Waals surface area (Å²) in [7, 11) is 2.00. The van der Waals surface area contributed by atoms with Crippen molar-refractivity contribution in [1.82, 2.24) is 9.88 Å². The summed E-state index contributed by atoms with van der Waals surface area (Å²) in [5.41, 5.74) is 7.96. The zero-order valence-corrected chi connectivity index (χ0v) is 12.7. The van der Waals surface area contributed by atoms with Crippen LogP contribution in [0.2, 0.25) is 5.02 Å². The van der Waals surface area contributed by atoms with Gasteiger partial charge in [0.1, 0.15) is 5.82 Å². The zero-order valence-electron chi connectivity index (χ0n) is 12.0. The first kappa shape index (κ1) is 15.9. The Bertz CT molecular complexity index is 577. The average Bonchev–Trinajstić information content (AvgIpc) is 2.49. The van der Waals surface area contributed by atoms with Crippen LogP contribution in [0.4, 0.5) is 4.39 Å². The highest BCUT2D eigenvalue weighted by atomic mass is 35.5. The summed E-state index contributed by atoms with van der Waals surface area (Å²) in [4.78, 5) is 6.14. The highest BCUT2D eigenvalue weighted by Crippen LogP contribution is 2.27. The second-order valence-electron chi connectivity index (χ2n) is 5.00. The number of likely N-dealkylation sites (N-methyl/N-ethyl adjacent to an activating group) is 1. The first-order valence-corrected chi connectivity index (χ1v) is 7.23. The van der Waals surface area contributed by atoms with Crippen molar-refractivity contribution in [2.24, 2.45) is 5.73 Å². The van der Waals surface area contributed by atoms with E-state index in [2.05, 4.69) is 9.88 Å². The number of rotatable bonds is 6. The summed E-state index contributed by atoms with van der Waals surface area (Å²) in [5.74, 6) is -0.334. The average molecular weight is 308 g/mol. The van der Waals surface area contributed by atoms with Gasteiger partial charge in [-0.1, -0.05) is 17.7 Å². The molecule has 0 fully saturated rings. The Kier molecular flexibility index (Phi) is 5.67. The molecule has 1 heterocycles. The van der Waals surface area contributed by atoms with Crippen molar-refractivity contribution in [1.29, 1.82) is 0 Å². The van der Waals surface area contributed by atoms with Gasteiger partial charge in [0, 0.05) is 36.5 Å². The fourth-order valence-electron chi connectivity index (χ4n) is 2.33. The molecule has 1 aromatic heterocycles. The number of hydrogen-bond donors (Lipinski definition) is 1. The molecule has 0 aliphatic rings. The third-order valence-corrected chi connectivity index (χ3v) is 3.91. The van der Waals surface area contributed by atoms with Crippen molar-refractivity contribution in [3.05, 3.63) is 64.7 Å². The molecule has 1 unspecified atom stereocenters. The molecule has 2 N–H and O–H groups in total. The Balaban J connectivity index is 2.06. The van der Waals surface area contributed by atoms with Gasteiger partial charge in [-0.05, 0) is 48.9 Å². The molecule has 0 saturated carbocycles. The van der Waals surface area contributed by atoms with Crippen molar-refractivity contribution >= 4 is 11.6 Å². The largest absolute Gasteiger partial charge is 0.329 e. The van der Waals surface area contributed by atoms with E-state index >= 15 is 0 Å². The molecule has 112 valence electrons. The maximum atomic E-state index is 13.2. The normalized spacial score (nSPS) is 12.6. The van der Waals surface area contributed by atoms with E-state index in [-0.39, 0.29) is 11.9 Å². The predicted molar refractivity (Wildman–Crippen MR) is 83.8 cm³/mol. The van der Waals surface area contributed by atoms with E-state index in [1.165, 1.54) is 17.7 Å². The van der Waals surface area contributed by atoms with E-state index < -0.39 is 0 Å². The zero-order chi connectivity index (χ0) is 15.2. The number of hydrogen-bond acceptors (Lipinski definition) is 3. The molecule has 21 heavy (non-hydrogen) atoms. The standard InChI is InChI=1S/C16H19ClFN3/c1-21(9-6-12-4-7-20-8-5-12)16(11-19)14-3-2-13(18)10-15(14)17/h2-5,7-8,10,16H,6,9,11,19H2,1H3. The minimum Gasteiger partial charge on any atom is -0.329 e. The molecular formula is C16H19ClFN3. The molecule has 0 bridgehead atoms. The minimum absolute atomic E-state index is 0.0278. The predicted octanol–water partition coefficient (Wildman–Crippen LogP) is 3.05. The van der Waals surface area contributed by atoms with Gasteiger partial charge in [-0.25, -0.2) is 4.39 Å². The number of aromatic nitrogens is 1. The highest BCUT2D eigenvalue weighted by Gasteiger charge is 2.18. The first-order valence-electron chi connectivity index (χ1n) is 6.86. The maximum absolute atomic E-state index is 13.2. The third kappa shape index (κ3) is 4.24. The molecular weight excluding hydrogens is 289 g/mol. The van der Waals surface area contributed by atoms with Gasteiger partial charge >= 0.3 is 0 Å². The van der Waals surface area contributed by atoms with Crippen LogP contribution >= 0.6 is 11.6 Å². The lowest BCUT2D eigenvalue weighted by Crippen LogP contribution is -2.32. The second-order valence-corrected chi connectivity index (χ2v) is 5.41. The van der Waals surface area contributed by atoms with Gasteiger partial charge in [-0.2, -0.15) is 0 Å². The monoisotopic (exact) mass is 307 g/mol. The van der Waals surface area contributed by atoms with Gasteiger partial charge in [0.2, 0.25) is 0 Å². The molecule has 3 nitrogen and oxygen atoms in total. The van der Waals surface area contributed by atoms with Gasteiger partial charge in [0.05, 0.1) is 0 Å². The number of halogens is 2. The van der Waals surface area contributed by atoms with Crippen LogP contribution < -0.4 is 5.73 Å². The summed E-state index contributed by atoms with van der Waals surface area (Å²) in [5, 5.41) is 0.418. The molecule has 0 spiro atoms. The summed E-state index contributed by atoms with van der Waals surface area (Å²) >= 11 is 6.13. The molecule has 0 amide bonds. The van der Waals surface area contributed by atoms with Crippen LogP contribution in [0.3, 0.4) is 0 Å². The molecule has 1 aromatic carbocycles. The van der Waals surface area contributed by atoms with E-state index in [1.807, 2.05) is 19.2 Å². The summed E-state index contributed by atoms with van der Waals surface area (Å²) in [6.45, 7) is 1.26. The van der Waals surface area contributed by atoms with E-state index in [1.54, 1.807) is 18.5 Å². The molecule has 2 aromatic rings. The van der Waals surface area contributed by atoms with Crippen molar-refractivity contribution < 1.29 is 4.39 Å². The van der Waals surface area contributed by atoms with Gasteiger partial charge in [0.25, 0.3) is 0 Å². The third-order valence-electron chi connectivity index (χ3n) is 3.58.